The van der Waals surface area contributed by atoms with E-state index in [4.69, 9.17) is 5.14 Å². The number of benzene rings is 2. The van der Waals surface area contributed by atoms with Gasteiger partial charge in [0.25, 0.3) is 0 Å². The molecule has 0 saturated heterocycles. The maximum Gasteiger partial charge on any atom is 0.238 e. The Hall–Kier alpha value is -3.64. The molecule has 0 saturated carbocycles. The standard InChI is InChI=1S/C18H15F2N7O2S/c1-9-6-10(8-11(7-9)30(21,28)29)23-18-22-5-4-14(25-18)24-17-12-2-3-13(19)15(20)16(12)26-27-17/h2-8H,1H3,(H2,21,28,29)(H3,22,23,24,25,26,27). The Labute approximate surface area is 169 Å². The fourth-order valence-corrected chi connectivity index (χ4v) is 3.49. The molecule has 5 N–H and O–H groups in total. The smallest absolute Gasteiger partial charge is 0.238 e. The summed E-state index contributed by atoms with van der Waals surface area (Å²) in [5.74, 6) is -1.26. The molecule has 0 fully saturated rings. The maximum absolute atomic E-state index is 13.8. The van der Waals surface area contributed by atoms with Gasteiger partial charge in [-0.25, -0.2) is 27.3 Å². The third-order valence-electron chi connectivity index (χ3n) is 4.17. The normalized spacial score (nSPS) is 11.6. The van der Waals surface area contributed by atoms with Crippen LogP contribution in [0.5, 0.6) is 0 Å². The number of aromatic amines is 1. The van der Waals surface area contributed by atoms with Crippen LogP contribution in [0.2, 0.25) is 0 Å². The Morgan fingerprint density at radius 2 is 1.90 bits per heavy atom. The number of H-pyrrole nitrogens is 1. The van der Waals surface area contributed by atoms with Crippen molar-refractivity contribution in [3.63, 3.8) is 0 Å². The van der Waals surface area contributed by atoms with Crippen LogP contribution < -0.4 is 15.8 Å². The minimum absolute atomic E-state index is 0.0449. The number of halogens is 2. The van der Waals surface area contributed by atoms with Crippen molar-refractivity contribution in [1.82, 2.24) is 20.2 Å². The van der Waals surface area contributed by atoms with E-state index >= 15 is 0 Å². The van der Waals surface area contributed by atoms with Crippen LogP contribution in [0.25, 0.3) is 10.9 Å². The van der Waals surface area contributed by atoms with E-state index in [1.807, 2.05) is 0 Å². The number of hydrogen-bond donors (Lipinski definition) is 4. The summed E-state index contributed by atoms with van der Waals surface area (Å²) < 4.78 is 50.4. The number of anilines is 4. The summed E-state index contributed by atoms with van der Waals surface area (Å²) >= 11 is 0. The molecule has 0 atom stereocenters. The molecule has 0 radical (unpaired) electrons. The van der Waals surface area contributed by atoms with Gasteiger partial charge in [0.05, 0.1) is 4.90 Å². The second kappa shape index (κ2) is 7.31. The van der Waals surface area contributed by atoms with Crippen LogP contribution in [0.4, 0.5) is 32.1 Å². The van der Waals surface area contributed by atoms with Crippen molar-refractivity contribution in [3.05, 3.63) is 59.8 Å². The lowest BCUT2D eigenvalue weighted by Gasteiger charge is -2.09. The van der Waals surface area contributed by atoms with Crippen molar-refractivity contribution in [2.24, 2.45) is 5.14 Å². The molecule has 4 rings (SSSR count). The number of fused-ring (bicyclic) bond motifs is 1. The monoisotopic (exact) mass is 431 g/mol. The summed E-state index contributed by atoms with van der Waals surface area (Å²) in [6.07, 6.45) is 1.46. The highest BCUT2D eigenvalue weighted by Crippen LogP contribution is 2.27. The van der Waals surface area contributed by atoms with Crippen LogP contribution >= 0.6 is 0 Å². The van der Waals surface area contributed by atoms with Crippen molar-refractivity contribution in [2.45, 2.75) is 11.8 Å². The summed E-state index contributed by atoms with van der Waals surface area (Å²) in [5, 5.41) is 17.8. The van der Waals surface area contributed by atoms with E-state index in [9.17, 15) is 17.2 Å². The van der Waals surface area contributed by atoms with E-state index in [0.29, 0.717) is 22.5 Å². The first-order chi connectivity index (χ1) is 14.2. The number of nitrogens with one attached hydrogen (secondary N) is 3. The molecule has 30 heavy (non-hydrogen) atoms. The number of sulfonamides is 1. The van der Waals surface area contributed by atoms with E-state index in [1.165, 1.54) is 24.4 Å². The van der Waals surface area contributed by atoms with Crippen molar-refractivity contribution >= 4 is 44.2 Å². The van der Waals surface area contributed by atoms with Crippen molar-refractivity contribution in [1.29, 1.82) is 0 Å². The van der Waals surface area contributed by atoms with E-state index < -0.39 is 21.7 Å². The molecule has 0 aliphatic heterocycles. The summed E-state index contributed by atoms with van der Waals surface area (Å²) in [6, 6.07) is 8.47. The van der Waals surface area contributed by atoms with Gasteiger partial charge in [-0.2, -0.15) is 10.1 Å². The number of aryl methyl sites for hydroxylation is 1. The van der Waals surface area contributed by atoms with E-state index in [0.717, 1.165) is 6.07 Å². The molecule has 4 aromatic rings. The van der Waals surface area contributed by atoms with Crippen LogP contribution in [0, 0.1) is 18.6 Å². The van der Waals surface area contributed by atoms with Gasteiger partial charge in [-0.3, -0.25) is 5.10 Å². The molecule has 154 valence electrons. The molecule has 0 spiro atoms. The van der Waals surface area contributed by atoms with Gasteiger partial charge in [0.1, 0.15) is 11.3 Å². The summed E-state index contributed by atoms with van der Waals surface area (Å²) in [6.45, 7) is 1.73. The summed E-state index contributed by atoms with van der Waals surface area (Å²) in [5.41, 5.74) is 1.04. The van der Waals surface area contributed by atoms with E-state index in [1.54, 1.807) is 19.1 Å². The molecule has 2 aromatic heterocycles. The maximum atomic E-state index is 13.8. The Morgan fingerprint density at radius 3 is 2.67 bits per heavy atom. The highest BCUT2D eigenvalue weighted by Gasteiger charge is 2.14. The fraction of sp³-hybridized carbons (Fsp3) is 0.0556. The quantitative estimate of drug-likeness (QED) is 0.381. The zero-order valence-corrected chi connectivity index (χ0v) is 16.3. The third-order valence-corrected chi connectivity index (χ3v) is 5.06. The molecule has 0 aliphatic rings. The second-order valence-electron chi connectivity index (χ2n) is 6.45. The average molecular weight is 431 g/mol. The van der Waals surface area contributed by atoms with Gasteiger partial charge in [0.15, 0.2) is 17.5 Å². The molecule has 12 heteroatoms. The molecule has 9 nitrogen and oxygen atoms in total. The van der Waals surface area contributed by atoms with Crippen LogP contribution in [-0.2, 0) is 10.0 Å². The first-order valence-corrected chi connectivity index (χ1v) is 10.1. The molecule has 0 bridgehead atoms. The van der Waals surface area contributed by atoms with Crippen molar-refractivity contribution in [3.8, 4) is 0 Å². The fourth-order valence-electron chi connectivity index (χ4n) is 2.85. The number of hydrogen-bond acceptors (Lipinski definition) is 7. The Kier molecular flexibility index (Phi) is 4.79. The van der Waals surface area contributed by atoms with Crippen molar-refractivity contribution in [2.75, 3.05) is 10.6 Å². The van der Waals surface area contributed by atoms with Gasteiger partial charge in [0, 0.05) is 17.3 Å². The van der Waals surface area contributed by atoms with Crippen molar-refractivity contribution < 1.29 is 17.2 Å². The van der Waals surface area contributed by atoms with Crippen LogP contribution in [-0.4, -0.2) is 28.6 Å². The Morgan fingerprint density at radius 1 is 1.10 bits per heavy atom. The largest absolute Gasteiger partial charge is 0.324 e. The van der Waals surface area contributed by atoms with Gasteiger partial charge in [-0.15, -0.1) is 0 Å². The number of aromatic nitrogens is 4. The SMILES string of the molecule is Cc1cc(Nc2nccc(Nc3n[nH]c4c(F)c(F)ccc34)n2)cc(S(N)(=O)=O)c1. The van der Waals surface area contributed by atoms with Gasteiger partial charge in [-0.05, 0) is 48.9 Å². The number of primary sulfonamides is 1. The van der Waals surface area contributed by atoms with Gasteiger partial charge < -0.3 is 10.6 Å². The lowest BCUT2D eigenvalue weighted by Crippen LogP contribution is -2.12. The zero-order chi connectivity index (χ0) is 21.5. The highest BCUT2D eigenvalue weighted by molar-refractivity contribution is 7.89. The Bertz CT molecular complexity index is 1370. The molecule has 2 heterocycles. The molecular weight excluding hydrogens is 416 g/mol. The molecule has 0 unspecified atom stereocenters. The molecule has 0 amide bonds. The summed E-state index contributed by atoms with van der Waals surface area (Å²) in [4.78, 5) is 8.32. The van der Waals surface area contributed by atoms with Gasteiger partial charge in [0.2, 0.25) is 16.0 Å². The first-order valence-electron chi connectivity index (χ1n) is 8.54. The zero-order valence-electron chi connectivity index (χ0n) is 15.4. The van der Waals surface area contributed by atoms with Crippen LogP contribution in [0.15, 0.2) is 47.5 Å². The molecule has 0 aliphatic carbocycles. The number of nitrogens with two attached hydrogens (primary N) is 1. The van der Waals surface area contributed by atoms with E-state index in [2.05, 4.69) is 30.8 Å². The van der Waals surface area contributed by atoms with E-state index in [-0.39, 0.29) is 22.2 Å². The predicted octanol–water partition coefficient (Wildman–Crippen LogP) is 3.07. The summed E-state index contributed by atoms with van der Waals surface area (Å²) in [7, 11) is -3.87. The topological polar surface area (TPSA) is 139 Å². The van der Waals surface area contributed by atoms with Crippen LogP contribution in [0.3, 0.4) is 0 Å². The molecule has 2 aromatic carbocycles. The minimum atomic E-state index is -3.87. The lowest BCUT2D eigenvalue weighted by molar-refractivity contribution is 0.515. The predicted molar refractivity (Wildman–Crippen MR) is 107 cm³/mol. The van der Waals surface area contributed by atoms with Crippen LogP contribution in [0.1, 0.15) is 5.56 Å². The highest BCUT2D eigenvalue weighted by atomic mass is 32.2. The third kappa shape index (κ3) is 3.90. The second-order valence-corrected chi connectivity index (χ2v) is 8.01. The van der Waals surface area contributed by atoms with Gasteiger partial charge in [-0.1, -0.05) is 0 Å². The number of rotatable bonds is 5. The van der Waals surface area contributed by atoms with Gasteiger partial charge >= 0.3 is 0 Å². The first kappa shape index (κ1) is 19.7. The average Bonchev–Trinajstić information content (AvgIpc) is 3.07. The lowest BCUT2D eigenvalue weighted by atomic mass is 10.2. The minimum Gasteiger partial charge on any atom is -0.324 e. The molecular formula is C18H15F2N7O2S. The number of nitrogens with zero attached hydrogens (tertiary/aromatic N) is 3. The Balaban J connectivity index is 1.61.